The SMILES string of the molecule is CN(C)C1CCc2ccccc2[C@@H]1c1ccc(Cl)c(Cl)c1. The Bertz CT molecular complexity index is 651. The zero-order chi connectivity index (χ0) is 15.0. The molecular formula is C18H19Cl2N. The van der Waals surface area contributed by atoms with Crippen LogP contribution in [0.25, 0.3) is 0 Å². The first-order valence-corrected chi connectivity index (χ1v) is 8.02. The van der Waals surface area contributed by atoms with Gasteiger partial charge in [-0.05, 0) is 55.8 Å². The summed E-state index contributed by atoms with van der Waals surface area (Å²) in [5.74, 6) is 0.347. The molecule has 0 bridgehead atoms. The van der Waals surface area contributed by atoms with Crippen LogP contribution < -0.4 is 0 Å². The smallest absolute Gasteiger partial charge is 0.0595 e. The molecule has 0 aromatic heterocycles. The van der Waals surface area contributed by atoms with Gasteiger partial charge in [-0.3, -0.25) is 0 Å². The summed E-state index contributed by atoms with van der Waals surface area (Å²) in [5.41, 5.74) is 4.11. The highest BCUT2D eigenvalue weighted by Crippen LogP contribution is 2.40. The van der Waals surface area contributed by atoms with Gasteiger partial charge < -0.3 is 4.90 Å². The lowest BCUT2D eigenvalue weighted by molar-refractivity contribution is 0.245. The Morgan fingerprint density at radius 1 is 1.00 bits per heavy atom. The van der Waals surface area contributed by atoms with E-state index in [1.165, 1.54) is 16.7 Å². The van der Waals surface area contributed by atoms with Gasteiger partial charge in [0.25, 0.3) is 0 Å². The molecule has 110 valence electrons. The molecule has 3 rings (SSSR count). The molecule has 2 aromatic carbocycles. The van der Waals surface area contributed by atoms with Crippen molar-refractivity contribution in [2.75, 3.05) is 14.1 Å². The van der Waals surface area contributed by atoms with Gasteiger partial charge in [-0.2, -0.15) is 0 Å². The van der Waals surface area contributed by atoms with Crippen molar-refractivity contribution in [2.24, 2.45) is 0 Å². The molecule has 0 saturated heterocycles. The molecule has 21 heavy (non-hydrogen) atoms. The van der Waals surface area contributed by atoms with Gasteiger partial charge in [-0.15, -0.1) is 0 Å². The second-order valence-electron chi connectivity index (χ2n) is 5.92. The summed E-state index contributed by atoms with van der Waals surface area (Å²) in [6.07, 6.45) is 2.30. The molecule has 0 aliphatic heterocycles. The van der Waals surface area contributed by atoms with Crippen molar-refractivity contribution in [3.8, 4) is 0 Å². The molecule has 0 saturated carbocycles. The van der Waals surface area contributed by atoms with E-state index in [2.05, 4.69) is 49.3 Å². The molecule has 1 unspecified atom stereocenters. The van der Waals surface area contributed by atoms with Crippen LogP contribution in [0.4, 0.5) is 0 Å². The Labute approximate surface area is 136 Å². The van der Waals surface area contributed by atoms with E-state index in [-0.39, 0.29) is 0 Å². The van der Waals surface area contributed by atoms with Crippen LogP contribution in [0.2, 0.25) is 10.0 Å². The molecule has 0 amide bonds. The molecule has 3 heteroatoms. The molecule has 1 nitrogen and oxygen atoms in total. The third kappa shape index (κ3) is 2.83. The average molecular weight is 320 g/mol. The summed E-state index contributed by atoms with van der Waals surface area (Å²) in [6.45, 7) is 0. The number of halogens is 2. The molecule has 0 N–H and O–H groups in total. The predicted octanol–water partition coefficient (Wildman–Crippen LogP) is 5.00. The summed E-state index contributed by atoms with van der Waals surface area (Å²) < 4.78 is 0. The van der Waals surface area contributed by atoms with Gasteiger partial charge in [0.2, 0.25) is 0 Å². The molecule has 0 fully saturated rings. The standard InChI is InChI=1S/C18H19Cl2N/c1-21(2)17-10-8-12-5-3-4-6-14(12)18(17)13-7-9-15(19)16(20)11-13/h3-7,9,11,17-18H,8,10H2,1-2H3/t17?,18-/m0/s1. The summed E-state index contributed by atoms with van der Waals surface area (Å²) >= 11 is 12.3. The number of nitrogens with zero attached hydrogens (tertiary/aromatic N) is 1. The first kappa shape index (κ1) is 14.9. The molecule has 0 heterocycles. The normalized spacial score (nSPS) is 21.4. The number of hydrogen-bond donors (Lipinski definition) is 0. The Kier molecular flexibility index (Phi) is 4.26. The van der Waals surface area contributed by atoms with E-state index >= 15 is 0 Å². The average Bonchev–Trinajstić information content (AvgIpc) is 2.49. The molecule has 1 aliphatic rings. The van der Waals surface area contributed by atoms with Gasteiger partial charge in [-0.1, -0.05) is 53.5 Å². The van der Waals surface area contributed by atoms with Gasteiger partial charge in [0.05, 0.1) is 10.0 Å². The Morgan fingerprint density at radius 2 is 1.76 bits per heavy atom. The first-order valence-electron chi connectivity index (χ1n) is 7.27. The Balaban J connectivity index is 2.12. The van der Waals surface area contributed by atoms with E-state index in [4.69, 9.17) is 23.2 Å². The maximum atomic E-state index is 6.24. The van der Waals surface area contributed by atoms with Crippen molar-refractivity contribution in [2.45, 2.75) is 24.8 Å². The van der Waals surface area contributed by atoms with Gasteiger partial charge >= 0.3 is 0 Å². The molecule has 2 atom stereocenters. The minimum Gasteiger partial charge on any atom is -0.305 e. The monoisotopic (exact) mass is 319 g/mol. The van der Waals surface area contributed by atoms with Gasteiger partial charge in [0, 0.05) is 12.0 Å². The van der Waals surface area contributed by atoms with E-state index < -0.39 is 0 Å². The number of hydrogen-bond acceptors (Lipinski definition) is 1. The largest absolute Gasteiger partial charge is 0.305 e. The van der Waals surface area contributed by atoms with E-state index in [9.17, 15) is 0 Å². The fourth-order valence-corrected chi connectivity index (χ4v) is 3.71. The van der Waals surface area contributed by atoms with Crippen LogP contribution in [-0.4, -0.2) is 25.0 Å². The molecular weight excluding hydrogens is 301 g/mol. The van der Waals surface area contributed by atoms with Gasteiger partial charge in [0.1, 0.15) is 0 Å². The van der Waals surface area contributed by atoms with Gasteiger partial charge in [-0.25, -0.2) is 0 Å². The van der Waals surface area contributed by atoms with E-state index in [0.717, 1.165) is 12.8 Å². The van der Waals surface area contributed by atoms with Crippen molar-refractivity contribution in [3.63, 3.8) is 0 Å². The number of fused-ring (bicyclic) bond motifs is 1. The fraction of sp³-hybridized carbons (Fsp3) is 0.333. The van der Waals surface area contributed by atoms with Crippen LogP contribution in [0.3, 0.4) is 0 Å². The van der Waals surface area contributed by atoms with Crippen LogP contribution in [0.1, 0.15) is 29.0 Å². The maximum absolute atomic E-state index is 6.24. The minimum absolute atomic E-state index is 0.347. The summed E-state index contributed by atoms with van der Waals surface area (Å²) in [5, 5.41) is 1.25. The highest BCUT2D eigenvalue weighted by atomic mass is 35.5. The fourth-order valence-electron chi connectivity index (χ4n) is 3.41. The highest BCUT2D eigenvalue weighted by Gasteiger charge is 2.32. The van der Waals surface area contributed by atoms with E-state index in [0.29, 0.717) is 22.0 Å². The topological polar surface area (TPSA) is 3.24 Å². The lowest BCUT2D eigenvalue weighted by Crippen LogP contribution is -2.38. The van der Waals surface area contributed by atoms with E-state index in [1.54, 1.807) is 0 Å². The number of benzene rings is 2. The summed E-state index contributed by atoms with van der Waals surface area (Å²) in [7, 11) is 4.31. The van der Waals surface area contributed by atoms with Crippen molar-refractivity contribution in [3.05, 3.63) is 69.2 Å². The number of aryl methyl sites for hydroxylation is 1. The van der Waals surface area contributed by atoms with Gasteiger partial charge in [0.15, 0.2) is 0 Å². The molecule has 2 aromatic rings. The summed E-state index contributed by atoms with van der Waals surface area (Å²) in [6, 6.07) is 15.3. The van der Waals surface area contributed by atoms with Crippen molar-refractivity contribution in [1.29, 1.82) is 0 Å². The minimum atomic E-state index is 0.347. The third-order valence-electron chi connectivity index (χ3n) is 4.45. The van der Waals surface area contributed by atoms with E-state index in [1.807, 2.05) is 12.1 Å². The van der Waals surface area contributed by atoms with Crippen molar-refractivity contribution in [1.82, 2.24) is 4.90 Å². The first-order chi connectivity index (χ1) is 10.1. The highest BCUT2D eigenvalue weighted by molar-refractivity contribution is 6.42. The van der Waals surface area contributed by atoms with Crippen LogP contribution >= 0.6 is 23.2 Å². The maximum Gasteiger partial charge on any atom is 0.0595 e. The lowest BCUT2D eigenvalue weighted by atomic mass is 9.75. The lowest BCUT2D eigenvalue weighted by Gasteiger charge is -2.38. The van der Waals surface area contributed by atoms with Crippen LogP contribution in [-0.2, 0) is 6.42 Å². The Hall–Kier alpha value is -1.02. The molecule has 1 aliphatic carbocycles. The van der Waals surface area contributed by atoms with Crippen molar-refractivity contribution >= 4 is 23.2 Å². The molecule has 0 radical (unpaired) electrons. The second kappa shape index (κ2) is 6.00. The number of likely N-dealkylation sites (N-methyl/N-ethyl adjacent to an activating group) is 1. The quantitative estimate of drug-likeness (QED) is 0.752. The van der Waals surface area contributed by atoms with Crippen LogP contribution in [0.15, 0.2) is 42.5 Å². The third-order valence-corrected chi connectivity index (χ3v) is 5.19. The second-order valence-corrected chi connectivity index (χ2v) is 6.73. The van der Waals surface area contributed by atoms with Crippen LogP contribution in [0.5, 0.6) is 0 Å². The molecule has 0 spiro atoms. The predicted molar refractivity (Wildman–Crippen MR) is 90.5 cm³/mol. The zero-order valence-electron chi connectivity index (χ0n) is 12.3. The Morgan fingerprint density at radius 3 is 2.48 bits per heavy atom. The zero-order valence-corrected chi connectivity index (χ0v) is 13.8. The number of rotatable bonds is 2. The van der Waals surface area contributed by atoms with Crippen LogP contribution in [0, 0.1) is 0 Å². The van der Waals surface area contributed by atoms with Crippen molar-refractivity contribution < 1.29 is 0 Å². The summed E-state index contributed by atoms with van der Waals surface area (Å²) in [4.78, 5) is 2.32.